The number of aliphatic carboxylic acids is 1. The van der Waals surface area contributed by atoms with Crippen LogP contribution >= 0.6 is 15.9 Å². The summed E-state index contributed by atoms with van der Waals surface area (Å²) in [6.45, 7) is -0.0625. The monoisotopic (exact) mass is 254 g/mol. The lowest BCUT2D eigenvalue weighted by Crippen LogP contribution is -2.07. The van der Waals surface area contributed by atoms with E-state index < -0.39 is 5.97 Å². The molecule has 0 saturated carbocycles. The number of hydrogen-bond acceptors (Lipinski definition) is 2. The molecule has 0 radical (unpaired) electrons. The molecule has 0 saturated heterocycles. The van der Waals surface area contributed by atoms with Gasteiger partial charge in [-0.3, -0.25) is 4.79 Å². The fourth-order valence-corrected chi connectivity index (χ4v) is 1.65. The molecule has 14 heavy (non-hydrogen) atoms. The number of carboxylic acid groups (broad SMARTS) is 1. The lowest BCUT2D eigenvalue weighted by Gasteiger charge is -1.99. The number of carbonyl (C=O) groups is 1. The predicted molar refractivity (Wildman–Crippen MR) is 55.1 cm³/mol. The summed E-state index contributed by atoms with van der Waals surface area (Å²) in [6, 6.07) is 5.57. The average Bonchev–Trinajstić information content (AvgIpc) is 2.47. The highest BCUT2D eigenvalue weighted by Gasteiger charge is 2.05. The second kappa shape index (κ2) is 3.42. The summed E-state index contributed by atoms with van der Waals surface area (Å²) >= 11 is 3.33. The summed E-state index contributed by atoms with van der Waals surface area (Å²) in [4.78, 5) is 14.6. The number of nitrogens with zero attached hydrogens (tertiary/aromatic N) is 2. The van der Waals surface area contributed by atoms with Crippen LogP contribution < -0.4 is 0 Å². The number of rotatable bonds is 2. The molecule has 0 spiro atoms. The van der Waals surface area contributed by atoms with Crippen LogP contribution in [0.25, 0.3) is 11.0 Å². The summed E-state index contributed by atoms with van der Waals surface area (Å²) in [6.07, 6.45) is 1.53. The highest BCUT2D eigenvalue weighted by molar-refractivity contribution is 9.10. The Morgan fingerprint density at radius 3 is 3.07 bits per heavy atom. The van der Waals surface area contributed by atoms with Crippen LogP contribution in [0, 0.1) is 0 Å². The molecule has 0 aliphatic rings. The largest absolute Gasteiger partial charge is 0.480 e. The van der Waals surface area contributed by atoms with E-state index in [0.717, 1.165) is 15.5 Å². The van der Waals surface area contributed by atoms with Crippen molar-refractivity contribution in [2.75, 3.05) is 0 Å². The van der Waals surface area contributed by atoms with Gasteiger partial charge in [-0.25, -0.2) is 4.98 Å². The summed E-state index contributed by atoms with van der Waals surface area (Å²) in [5.41, 5.74) is 1.62. The molecule has 1 aromatic carbocycles. The van der Waals surface area contributed by atoms with E-state index in [4.69, 9.17) is 5.11 Å². The Bertz CT molecular complexity index is 493. The van der Waals surface area contributed by atoms with Crippen LogP contribution in [0.15, 0.2) is 29.0 Å². The van der Waals surface area contributed by atoms with Crippen molar-refractivity contribution in [3.63, 3.8) is 0 Å². The highest BCUT2D eigenvalue weighted by Crippen LogP contribution is 2.18. The van der Waals surface area contributed by atoms with E-state index in [9.17, 15) is 4.79 Å². The molecule has 2 rings (SSSR count). The standard InChI is InChI=1S/C9H7BrN2O2/c10-6-1-2-7-8(3-6)12(5-11-7)4-9(13)14/h1-3,5H,4H2,(H,13,14). The smallest absolute Gasteiger partial charge is 0.323 e. The Balaban J connectivity index is 2.55. The number of hydrogen-bond donors (Lipinski definition) is 1. The highest BCUT2D eigenvalue weighted by atomic mass is 79.9. The zero-order valence-corrected chi connectivity index (χ0v) is 8.73. The SMILES string of the molecule is O=C(O)Cn1cnc2ccc(Br)cc21. The molecule has 0 aliphatic heterocycles. The maximum absolute atomic E-state index is 10.5. The van der Waals surface area contributed by atoms with Gasteiger partial charge in [0.25, 0.3) is 0 Å². The Hall–Kier alpha value is -1.36. The summed E-state index contributed by atoms with van der Waals surface area (Å²) in [5, 5.41) is 8.65. The van der Waals surface area contributed by atoms with Gasteiger partial charge in [-0.1, -0.05) is 15.9 Å². The molecular weight excluding hydrogens is 248 g/mol. The summed E-state index contributed by atoms with van der Waals surface area (Å²) in [5.74, 6) is -0.871. The molecule has 1 aromatic heterocycles. The minimum absolute atomic E-state index is 0.0625. The van der Waals surface area contributed by atoms with Crippen molar-refractivity contribution in [3.8, 4) is 0 Å². The molecule has 5 heteroatoms. The third-order valence-electron chi connectivity index (χ3n) is 1.89. The van der Waals surface area contributed by atoms with Gasteiger partial charge in [-0.2, -0.15) is 0 Å². The predicted octanol–water partition coefficient (Wildman–Crippen LogP) is 1.88. The Morgan fingerprint density at radius 1 is 1.57 bits per heavy atom. The van der Waals surface area contributed by atoms with Crippen LogP contribution in [0.2, 0.25) is 0 Å². The first-order chi connectivity index (χ1) is 6.66. The fourth-order valence-electron chi connectivity index (χ4n) is 1.30. The van der Waals surface area contributed by atoms with Crippen molar-refractivity contribution in [1.29, 1.82) is 0 Å². The van der Waals surface area contributed by atoms with Crippen molar-refractivity contribution in [2.45, 2.75) is 6.54 Å². The average molecular weight is 255 g/mol. The fraction of sp³-hybridized carbons (Fsp3) is 0.111. The van der Waals surface area contributed by atoms with E-state index in [1.54, 1.807) is 4.57 Å². The lowest BCUT2D eigenvalue weighted by atomic mass is 10.3. The quantitative estimate of drug-likeness (QED) is 0.891. The minimum atomic E-state index is -0.871. The van der Waals surface area contributed by atoms with Crippen molar-refractivity contribution < 1.29 is 9.90 Å². The van der Waals surface area contributed by atoms with E-state index in [2.05, 4.69) is 20.9 Å². The van der Waals surface area contributed by atoms with Crippen LogP contribution in [0.5, 0.6) is 0 Å². The molecule has 0 amide bonds. The Kier molecular flexibility index (Phi) is 2.25. The van der Waals surface area contributed by atoms with Crippen molar-refractivity contribution in [3.05, 3.63) is 29.0 Å². The van der Waals surface area contributed by atoms with Gasteiger partial charge in [0, 0.05) is 4.47 Å². The number of imidazole rings is 1. The van der Waals surface area contributed by atoms with E-state index in [-0.39, 0.29) is 6.54 Å². The number of carboxylic acids is 1. The van der Waals surface area contributed by atoms with Crippen molar-refractivity contribution >= 4 is 32.9 Å². The minimum Gasteiger partial charge on any atom is -0.480 e. The number of halogens is 1. The molecule has 4 nitrogen and oxygen atoms in total. The summed E-state index contributed by atoms with van der Waals surface area (Å²) in [7, 11) is 0. The Morgan fingerprint density at radius 2 is 2.36 bits per heavy atom. The van der Waals surface area contributed by atoms with Gasteiger partial charge >= 0.3 is 5.97 Å². The second-order valence-corrected chi connectivity index (χ2v) is 3.81. The van der Waals surface area contributed by atoms with E-state index in [0.29, 0.717) is 0 Å². The second-order valence-electron chi connectivity index (χ2n) is 2.90. The molecule has 1 N–H and O–H groups in total. The lowest BCUT2D eigenvalue weighted by molar-refractivity contribution is -0.137. The molecule has 0 atom stereocenters. The van der Waals surface area contributed by atoms with E-state index in [1.165, 1.54) is 6.33 Å². The zero-order chi connectivity index (χ0) is 10.1. The summed E-state index contributed by atoms with van der Waals surface area (Å²) < 4.78 is 2.51. The third-order valence-corrected chi connectivity index (χ3v) is 2.38. The third kappa shape index (κ3) is 1.63. The van der Waals surface area contributed by atoms with Crippen LogP contribution in [0.3, 0.4) is 0 Å². The molecule has 2 aromatic rings. The normalized spacial score (nSPS) is 10.6. The molecule has 72 valence electrons. The Labute approximate surface area is 88.3 Å². The molecule has 0 unspecified atom stereocenters. The van der Waals surface area contributed by atoms with Gasteiger partial charge in [0.15, 0.2) is 0 Å². The van der Waals surface area contributed by atoms with Crippen LogP contribution in [0.4, 0.5) is 0 Å². The van der Waals surface area contributed by atoms with Crippen molar-refractivity contribution in [1.82, 2.24) is 9.55 Å². The van der Waals surface area contributed by atoms with Gasteiger partial charge in [-0.05, 0) is 18.2 Å². The van der Waals surface area contributed by atoms with Crippen molar-refractivity contribution in [2.24, 2.45) is 0 Å². The first kappa shape index (κ1) is 9.21. The van der Waals surface area contributed by atoms with Gasteiger partial charge in [-0.15, -0.1) is 0 Å². The first-order valence-electron chi connectivity index (χ1n) is 3.99. The molecular formula is C9H7BrN2O2. The van der Waals surface area contributed by atoms with Crippen LogP contribution in [-0.2, 0) is 11.3 Å². The maximum Gasteiger partial charge on any atom is 0.323 e. The number of fused-ring (bicyclic) bond motifs is 1. The first-order valence-corrected chi connectivity index (χ1v) is 4.78. The molecule has 0 aliphatic carbocycles. The molecule has 1 heterocycles. The van der Waals surface area contributed by atoms with Gasteiger partial charge in [0.05, 0.1) is 17.4 Å². The molecule has 0 bridgehead atoms. The van der Waals surface area contributed by atoms with Gasteiger partial charge in [0.1, 0.15) is 6.54 Å². The number of aromatic nitrogens is 2. The van der Waals surface area contributed by atoms with E-state index >= 15 is 0 Å². The topological polar surface area (TPSA) is 55.1 Å². The molecule has 0 fully saturated rings. The van der Waals surface area contributed by atoms with Crippen LogP contribution in [-0.4, -0.2) is 20.6 Å². The zero-order valence-electron chi connectivity index (χ0n) is 7.14. The van der Waals surface area contributed by atoms with Crippen LogP contribution in [0.1, 0.15) is 0 Å². The maximum atomic E-state index is 10.5. The van der Waals surface area contributed by atoms with E-state index in [1.807, 2.05) is 18.2 Å². The van der Waals surface area contributed by atoms with Gasteiger partial charge < -0.3 is 9.67 Å². The number of benzene rings is 1. The van der Waals surface area contributed by atoms with Gasteiger partial charge in [0.2, 0.25) is 0 Å².